The van der Waals surface area contributed by atoms with Crippen molar-refractivity contribution in [1.82, 2.24) is 14.8 Å². The molecule has 1 aromatic heterocycles. The Balaban J connectivity index is 1.61. The summed E-state index contributed by atoms with van der Waals surface area (Å²) in [5.74, 6) is -0.408. The van der Waals surface area contributed by atoms with Crippen molar-refractivity contribution in [3.05, 3.63) is 101 Å². The number of carbonyl (C=O) groups excluding carboxylic acids is 2. The van der Waals surface area contributed by atoms with Crippen LogP contribution in [0.3, 0.4) is 0 Å². The van der Waals surface area contributed by atoms with Crippen molar-refractivity contribution in [2.24, 2.45) is 11.0 Å². The molecule has 39 heavy (non-hydrogen) atoms. The SMILES string of the molecule is COc1ccc(-c2nn(-c3ccccc3)cc2C2CC(c3ccc(Br)cc3)=NN2C(=O)CC(C=O)CO)cc1. The van der Waals surface area contributed by atoms with E-state index in [1.54, 1.807) is 11.8 Å². The second-order valence-corrected chi connectivity index (χ2v) is 10.2. The van der Waals surface area contributed by atoms with Crippen LogP contribution >= 0.6 is 15.9 Å². The van der Waals surface area contributed by atoms with Crippen molar-refractivity contribution >= 4 is 33.8 Å². The number of ether oxygens (including phenoxy) is 1. The zero-order valence-corrected chi connectivity index (χ0v) is 22.9. The maximum atomic E-state index is 13.5. The van der Waals surface area contributed by atoms with E-state index in [1.165, 1.54) is 5.01 Å². The van der Waals surface area contributed by atoms with E-state index in [0.717, 1.165) is 38.3 Å². The number of aromatic nitrogens is 2. The summed E-state index contributed by atoms with van der Waals surface area (Å²) in [6, 6.07) is 24.7. The van der Waals surface area contributed by atoms with Gasteiger partial charge in [0.1, 0.15) is 12.0 Å². The van der Waals surface area contributed by atoms with Gasteiger partial charge in [0.25, 0.3) is 0 Å². The number of hydrogen-bond donors (Lipinski definition) is 1. The van der Waals surface area contributed by atoms with E-state index in [-0.39, 0.29) is 12.3 Å². The van der Waals surface area contributed by atoms with Gasteiger partial charge in [0.05, 0.1) is 36.9 Å². The van der Waals surface area contributed by atoms with E-state index >= 15 is 0 Å². The second kappa shape index (κ2) is 11.8. The number of hydrazone groups is 1. The van der Waals surface area contributed by atoms with Gasteiger partial charge in [0.15, 0.2) is 0 Å². The number of benzene rings is 3. The van der Waals surface area contributed by atoms with Crippen LogP contribution in [0.1, 0.15) is 30.0 Å². The minimum Gasteiger partial charge on any atom is -0.497 e. The first kappa shape index (κ1) is 26.5. The van der Waals surface area contributed by atoms with Crippen molar-refractivity contribution in [3.8, 4) is 22.7 Å². The summed E-state index contributed by atoms with van der Waals surface area (Å²) in [6.07, 6.45) is 2.86. The number of hydrogen-bond acceptors (Lipinski definition) is 6. The summed E-state index contributed by atoms with van der Waals surface area (Å²) < 4.78 is 8.08. The maximum absolute atomic E-state index is 13.5. The molecule has 1 N–H and O–H groups in total. The smallest absolute Gasteiger partial charge is 0.244 e. The number of methoxy groups -OCH3 is 1. The molecule has 1 amide bonds. The monoisotopic (exact) mass is 586 g/mol. The number of para-hydroxylation sites is 1. The average molecular weight is 587 g/mol. The van der Waals surface area contributed by atoms with Crippen molar-refractivity contribution in [2.45, 2.75) is 18.9 Å². The molecule has 0 saturated heterocycles. The van der Waals surface area contributed by atoms with Crippen LogP contribution < -0.4 is 4.74 Å². The molecule has 1 aliphatic heterocycles. The summed E-state index contributed by atoms with van der Waals surface area (Å²) in [7, 11) is 1.62. The van der Waals surface area contributed by atoms with Gasteiger partial charge in [-0.25, -0.2) is 9.69 Å². The van der Waals surface area contributed by atoms with Crippen LogP contribution in [0.4, 0.5) is 0 Å². The Morgan fingerprint density at radius 3 is 2.41 bits per heavy atom. The molecule has 2 unspecified atom stereocenters. The summed E-state index contributed by atoms with van der Waals surface area (Å²) >= 11 is 3.47. The predicted octanol–water partition coefficient (Wildman–Crippen LogP) is 5.19. The summed E-state index contributed by atoms with van der Waals surface area (Å²) in [6.45, 7) is -0.403. The van der Waals surface area contributed by atoms with Gasteiger partial charge in [-0.15, -0.1) is 0 Å². The molecule has 0 fully saturated rings. The highest BCUT2D eigenvalue weighted by Gasteiger charge is 2.36. The van der Waals surface area contributed by atoms with Gasteiger partial charge in [-0.2, -0.15) is 10.2 Å². The van der Waals surface area contributed by atoms with Gasteiger partial charge >= 0.3 is 0 Å². The van der Waals surface area contributed by atoms with E-state index in [2.05, 4.69) is 15.9 Å². The highest BCUT2D eigenvalue weighted by atomic mass is 79.9. The van der Waals surface area contributed by atoms with Gasteiger partial charge in [0.2, 0.25) is 5.91 Å². The maximum Gasteiger partial charge on any atom is 0.244 e. The molecule has 3 aromatic carbocycles. The number of rotatable bonds is 9. The minimum atomic E-state index is -0.793. The fraction of sp³-hybridized carbons (Fsp3) is 0.200. The molecule has 4 aromatic rings. The number of carbonyl (C=O) groups is 2. The van der Waals surface area contributed by atoms with E-state index in [0.29, 0.717) is 18.4 Å². The molecular weight excluding hydrogens is 560 g/mol. The average Bonchev–Trinajstić information content (AvgIpc) is 3.62. The van der Waals surface area contributed by atoms with Crippen LogP contribution in [0, 0.1) is 5.92 Å². The molecule has 0 radical (unpaired) electrons. The molecule has 198 valence electrons. The zero-order valence-electron chi connectivity index (χ0n) is 21.3. The molecule has 0 spiro atoms. The standard InChI is InChI=1S/C30H27BrN4O4/c1-39-25-13-9-22(10-14-25)30-26(17-34(33-30)24-5-3-2-4-6-24)28-16-27(21-7-11-23(31)12-8-21)32-35(28)29(38)15-20(18-36)19-37/h2-14,17-18,20,28,37H,15-16,19H2,1H3. The lowest BCUT2D eigenvalue weighted by Gasteiger charge is -2.22. The number of aliphatic hydroxyl groups excluding tert-OH is 1. The molecule has 0 aliphatic carbocycles. The van der Waals surface area contributed by atoms with Crippen LogP contribution in [0.5, 0.6) is 5.75 Å². The van der Waals surface area contributed by atoms with Crippen LogP contribution in [0.2, 0.25) is 0 Å². The van der Waals surface area contributed by atoms with E-state index in [9.17, 15) is 14.7 Å². The van der Waals surface area contributed by atoms with Crippen molar-refractivity contribution in [3.63, 3.8) is 0 Å². The fourth-order valence-electron chi connectivity index (χ4n) is 4.59. The fourth-order valence-corrected chi connectivity index (χ4v) is 4.85. The molecule has 1 aliphatic rings. The van der Waals surface area contributed by atoms with Crippen molar-refractivity contribution in [1.29, 1.82) is 0 Å². The highest BCUT2D eigenvalue weighted by Crippen LogP contribution is 2.39. The van der Waals surface area contributed by atoms with E-state index in [4.69, 9.17) is 14.9 Å². The van der Waals surface area contributed by atoms with Gasteiger partial charge in [-0.05, 0) is 54.1 Å². The number of nitrogens with zero attached hydrogens (tertiary/aromatic N) is 4. The second-order valence-electron chi connectivity index (χ2n) is 9.24. The molecule has 5 rings (SSSR count). The first-order valence-corrected chi connectivity index (χ1v) is 13.3. The van der Waals surface area contributed by atoms with E-state index in [1.807, 2.05) is 85.1 Å². The molecule has 2 atom stereocenters. The molecular formula is C30H27BrN4O4. The lowest BCUT2D eigenvalue weighted by atomic mass is 9.96. The summed E-state index contributed by atoms with van der Waals surface area (Å²) in [5.41, 5.74) is 4.93. The van der Waals surface area contributed by atoms with E-state index < -0.39 is 18.6 Å². The summed E-state index contributed by atoms with van der Waals surface area (Å²) in [4.78, 5) is 24.9. The first-order valence-electron chi connectivity index (χ1n) is 12.5. The Hall–Kier alpha value is -4.08. The van der Waals surface area contributed by atoms with Gasteiger partial charge < -0.3 is 14.6 Å². The third-order valence-corrected chi connectivity index (χ3v) is 7.22. The molecule has 8 nitrogen and oxygen atoms in total. The number of amides is 1. The van der Waals surface area contributed by atoms with Gasteiger partial charge in [-0.3, -0.25) is 4.79 Å². The number of halogens is 1. The summed E-state index contributed by atoms with van der Waals surface area (Å²) in [5, 5.41) is 20.7. The van der Waals surface area contributed by atoms with Crippen LogP contribution in [-0.2, 0) is 9.59 Å². The Bertz CT molecular complexity index is 1480. The molecule has 9 heteroatoms. The van der Waals surface area contributed by atoms with Crippen LogP contribution in [0.15, 0.2) is 94.6 Å². The normalized spacial score (nSPS) is 15.6. The molecule has 0 bridgehead atoms. The Morgan fingerprint density at radius 2 is 1.77 bits per heavy atom. The minimum absolute atomic E-state index is 0.141. The first-order chi connectivity index (χ1) is 19.0. The highest BCUT2D eigenvalue weighted by molar-refractivity contribution is 9.10. The largest absolute Gasteiger partial charge is 0.497 e. The van der Waals surface area contributed by atoms with Crippen molar-refractivity contribution < 1.29 is 19.4 Å². The molecule has 2 heterocycles. The number of aliphatic hydroxyl groups is 1. The third kappa shape index (κ3) is 5.69. The van der Waals surface area contributed by atoms with Gasteiger partial charge in [0, 0.05) is 40.6 Å². The van der Waals surface area contributed by atoms with Gasteiger partial charge in [-0.1, -0.05) is 46.3 Å². The quantitative estimate of drug-likeness (QED) is 0.272. The van der Waals surface area contributed by atoms with Crippen LogP contribution in [-0.4, -0.2) is 51.5 Å². The van der Waals surface area contributed by atoms with Crippen LogP contribution in [0.25, 0.3) is 16.9 Å². The predicted molar refractivity (Wildman–Crippen MR) is 152 cm³/mol. The Labute approximate surface area is 234 Å². The Morgan fingerprint density at radius 1 is 1.08 bits per heavy atom. The lowest BCUT2D eigenvalue weighted by Crippen LogP contribution is -2.30. The Kier molecular flexibility index (Phi) is 7.99. The lowest BCUT2D eigenvalue weighted by molar-refractivity contribution is -0.135. The number of aldehydes is 1. The third-order valence-electron chi connectivity index (χ3n) is 6.69. The van der Waals surface area contributed by atoms with Crippen molar-refractivity contribution in [2.75, 3.05) is 13.7 Å². The topological polar surface area (TPSA) is 97.0 Å². The molecule has 0 saturated carbocycles. The zero-order chi connectivity index (χ0) is 27.4.